The molecule has 0 saturated heterocycles. The highest BCUT2D eigenvalue weighted by Gasteiger charge is 2.09. The zero-order valence-corrected chi connectivity index (χ0v) is 16.1. The van der Waals surface area contributed by atoms with Crippen molar-refractivity contribution in [2.75, 3.05) is 23.1 Å². The van der Waals surface area contributed by atoms with E-state index in [1.54, 1.807) is 43.5 Å². The number of nitrogens with one attached hydrogen (secondary N) is 3. The molecule has 1 aromatic heterocycles. The van der Waals surface area contributed by atoms with E-state index in [2.05, 4.69) is 26.1 Å². The lowest BCUT2D eigenvalue weighted by Gasteiger charge is -2.08. The molecule has 0 saturated carbocycles. The van der Waals surface area contributed by atoms with Crippen LogP contribution in [0.2, 0.25) is 0 Å². The van der Waals surface area contributed by atoms with Crippen molar-refractivity contribution in [2.45, 2.75) is 13.5 Å². The lowest BCUT2D eigenvalue weighted by Crippen LogP contribution is -2.15. The van der Waals surface area contributed by atoms with Crippen molar-refractivity contribution < 1.29 is 14.3 Å². The highest BCUT2D eigenvalue weighted by molar-refractivity contribution is 6.03. The van der Waals surface area contributed by atoms with E-state index in [4.69, 9.17) is 4.74 Å². The number of ether oxygens (including phenoxy) is 1. The molecular formula is C21H21N5O3. The number of carbonyl (C=O) groups is 2. The first-order valence-corrected chi connectivity index (χ1v) is 8.93. The van der Waals surface area contributed by atoms with Gasteiger partial charge in [-0.25, -0.2) is 0 Å². The summed E-state index contributed by atoms with van der Waals surface area (Å²) >= 11 is 0. The Labute approximate surface area is 168 Å². The summed E-state index contributed by atoms with van der Waals surface area (Å²) < 4.78 is 5.13. The quantitative estimate of drug-likeness (QED) is 0.571. The minimum atomic E-state index is -0.390. The van der Waals surface area contributed by atoms with Crippen molar-refractivity contribution >= 4 is 29.0 Å². The van der Waals surface area contributed by atoms with Crippen LogP contribution in [0.3, 0.4) is 0 Å². The van der Waals surface area contributed by atoms with Crippen LogP contribution >= 0.6 is 0 Å². The van der Waals surface area contributed by atoms with Crippen LogP contribution in [0.1, 0.15) is 23.0 Å². The van der Waals surface area contributed by atoms with Gasteiger partial charge in [0.15, 0.2) is 5.69 Å². The minimum absolute atomic E-state index is 0.183. The summed E-state index contributed by atoms with van der Waals surface area (Å²) in [4.78, 5) is 23.5. The number of carbonyl (C=O) groups excluding carboxylic acids is 2. The van der Waals surface area contributed by atoms with Crippen LogP contribution < -0.4 is 20.7 Å². The zero-order valence-electron chi connectivity index (χ0n) is 16.1. The molecule has 0 aliphatic carbocycles. The number of nitrogens with zero attached hydrogens (tertiary/aromatic N) is 2. The molecule has 0 fully saturated rings. The summed E-state index contributed by atoms with van der Waals surface area (Å²) in [5.41, 5.74) is 2.39. The number of rotatable bonds is 7. The molecule has 0 aliphatic rings. The summed E-state index contributed by atoms with van der Waals surface area (Å²) in [5.74, 6) is 0.785. The number of hydrogen-bond donors (Lipinski definition) is 3. The van der Waals surface area contributed by atoms with Crippen molar-refractivity contribution in [3.05, 3.63) is 71.9 Å². The van der Waals surface area contributed by atoms with Crippen LogP contribution in [-0.4, -0.2) is 29.1 Å². The highest BCUT2D eigenvalue weighted by Crippen LogP contribution is 2.16. The molecule has 0 unspecified atom stereocenters. The number of amides is 2. The molecule has 0 bridgehead atoms. The van der Waals surface area contributed by atoms with Crippen molar-refractivity contribution in [2.24, 2.45) is 0 Å². The van der Waals surface area contributed by atoms with Gasteiger partial charge in [0.25, 0.3) is 5.91 Å². The predicted molar refractivity (Wildman–Crippen MR) is 111 cm³/mol. The SMILES string of the molecule is COc1ccc(CNc2ccc(C(=O)Nc3cccc(NC(C)=O)c3)nn2)cc1. The van der Waals surface area contributed by atoms with E-state index in [1.807, 2.05) is 24.3 Å². The molecule has 8 heteroatoms. The molecule has 0 aliphatic heterocycles. The van der Waals surface area contributed by atoms with Gasteiger partial charge < -0.3 is 20.7 Å². The molecule has 8 nitrogen and oxygen atoms in total. The molecule has 3 aromatic rings. The van der Waals surface area contributed by atoms with E-state index in [0.29, 0.717) is 23.7 Å². The van der Waals surface area contributed by atoms with Crippen molar-refractivity contribution in [1.29, 1.82) is 0 Å². The van der Waals surface area contributed by atoms with Gasteiger partial charge in [0.05, 0.1) is 7.11 Å². The Kier molecular flexibility index (Phi) is 6.36. The number of aromatic nitrogens is 2. The van der Waals surface area contributed by atoms with Gasteiger partial charge in [0.2, 0.25) is 5.91 Å². The fourth-order valence-electron chi connectivity index (χ4n) is 2.56. The van der Waals surface area contributed by atoms with Gasteiger partial charge in [0, 0.05) is 24.8 Å². The number of benzene rings is 2. The molecule has 2 aromatic carbocycles. The number of methoxy groups -OCH3 is 1. The van der Waals surface area contributed by atoms with Crippen molar-refractivity contribution in [3.63, 3.8) is 0 Å². The third kappa shape index (κ3) is 5.77. The molecule has 3 rings (SSSR count). The summed E-state index contributed by atoms with van der Waals surface area (Å²) in [5, 5.41) is 16.6. The molecular weight excluding hydrogens is 370 g/mol. The molecule has 1 heterocycles. The molecule has 148 valence electrons. The second-order valence-electron chi connectivity index (χ2n) is 6.22. The van der Waals surface area contributed by atoms with Crippen LogP contribution in [0, 0.1) is 0 Å². The Bertz CT molecular complexity index is 988. The molecule has 0 radical (unpaired) electrons. The van der Waals surface area contributed by atoms with Gasteiger partial charge in [0.1, 0.15) is 11.6 Å². The molecule has 3 N–H and O–H groups in total. The highest BCUT2D eigenvalue weighted by atomic mass is 16.5. The second-order valence-corrected chi connectivity index (χ2v) is 6.22. The normalized spacial score (nSPS) is 10.1. The van der Waals surface area contributed by atoms with Crippen LogP contribution in [-0.2, 0) is 11.3 Å². The van der Waals surface area contributed by atoms with E-state index >= 15 is 0 Å². The molecule has 0 atom stereocenters. The largest absolute Gasteiger partial charge is 0.497 e. The smallest absolute Gasteiger partial charge is 0.276 e. The Hall–Kier alpha value is -3.94. The third-order valence-electron chi connectivity index (χ3n) is 3.97. The molecule has 2 amide bonds. The van der Waals surface area contributed by atoms with Crippen LogP contribution in [0.5, 0.6) is 5.75 Å². The summed E-state index contributed by atoms with van der Waals surface area (Å²) in [6.07, 6.45) is 0. The van der Waals surface area contributed by atoms with Crippen molar-refractivity contribution in [1.82, 2.24) is 10.2 Å². The summed E-state index contributed by atoms with van der Waals surface area (Å²) in [7, 11) is 1.63. The monoisotopic (exact) mass is 391 g/mol. The maximum absolute atomic E-state index is 12.4. The van der Waals surface area contributed by atoms with Gasteiger partial charge in [-0.2, -0.15) is 0 Å². The zero-order chi connectivity index (χ0) is 20.6. The van der Waals surface area contributed by atoms with Gasteiger partial charge in [-0.15, -0.1) is 10.2 Å². The van der Waals surface area contributed by atoms with Gasteiger partial charge in [-0.1, -0.05) is 18.2 Å². The average Bonchev–Trinajstić information content (AvgIpc) is 2.73. The van der Waals surface area contributed by atoms with E-state index < -0.39 is 0 Å². The lowest BCUT2D eigenvalue weighted by molar-refractivity contribution is -0.114. The standard InChI is InChI=1S/C21H21N5O3/c1-14(27)23-16-4-3-5-17(12-16)24-21(28)19-10-11-20(26-25-19)22-13-15-6-8-18(29-2)9-7-15/h3-12H,13H2,1-2H3,(H,22,26)(H,23,27)(H,24,28). The molecule has 0 spiro atoms. The maximum Gasteiger partial charge on any atom is 0.276 e. The topological polar surface area (TPSA) is 105 Å². The Morgan fingerprint density at radius 2 is 1.66 bits per heavy atom. The Morgan fingerprint density at radius 3 is 2.28 bits per heavy atom. The fraction of sp³-hybridized carbons (Fsp3) is 0.143. The predicted octanol–water partition coefficient (Wildman–Crippen LogP) is 3.31. The maximum atomic E-state index is 12.4. The van der Waals surface area contributed by atoms with E-state index in [1.165, 1.54) is 6.92 Å². The van der Waals surface area contributed by atoms with Gasteiger partial charge in [-0.3, -0.25) is 9.59 Å². The van der Waals surface area contributed by atoms with E-state index in [-0.39, 0.29) is 17.5 Å². The number of hydrogen-bond acceptors (Lipinski definition) is 6. The molecule has 29 heavy (non-hydrogen) atoms. The first-order valence-electron chi connectivity index (χ1n) is 8.93. The first kappa shape index (κ1) is 19.8. The van der Waals surface area contributed by atoms with Gasteiger partial charge >= 0.3 is 0 Å². The second kappa shape index (κ2) is 9.32. The average molecular weight is 391 g/mol. The van der Waals surface area contributed by atoms with Crippen LogP contribution in [0.25, 0.3) is 0 Å². The van der Waals surface area contributed by atoms with Crippen LogP contribution in [0.15, 0.2) is 60.7 Å². The Balaban J connectivity index is 1.57. The Morgan fingerprint density at radius 1 is 0.931 bits per heavy atom. The number of anilines is 3. The summed E-state index contributed by atoms with van der Waals surface area (Å²) in [6.45, 7) is 1.99. The lowest BCUT2D eigenvalue weighted by atomic mass is 10.2. The first-order chi connectivity index (χ1) is 14.0. The van der Waals surface area contributed by atoms with Crippen molar-refractivity contribution in [3.8, 4) is 5.75 Å². The fourth-order valence-corrected chi connectivity index (χ4v) is 2.56. The van der Waals surface area contributed by atoms with Crippen LogP contribution in [0.4, 0.5) is 17.2 Å². The third-order valence-corrected chi connectivity index (χ3v) is 3.97. The van der Waals surface area contributed by atoms with E-state index in [0.717, 1.165) is 11.3 Å². The minimum Gasteiger partial charge on any atom is -0.497 e. The van der Waals surface area contributed by atoms with E-state index in [9.17, 15) is 9.59 Å². The van der Waals surface area contributed by atoms with Gasteiger partial charge in [-0.05, 0) is 48.0 Å². The summed E-state index contributed by atoms with van der Waals surface area (Å²) in [6, 6.07) is 17.8.